The first-order valence-electron chi connectivity index (χ1n) is 7.35. The second-order valence-electron chi connectivity index (χ2n) is 5.16. The molecule has 1 amide bonds. The molecule has 0 aliphatic heterocycles. The van der Waals surface area contributed by atoms with Crippen molar-refractivity contribution in [2.24, 2.45) is 0 Å². The first-order valence-corrected chi connectivity index (χ1v) is 8.15. The van der Waals surface area contributed by atoms with Crippen molar-refractivity contribution in [3.8, 4) is 5.69 Å². The van der Waals surface area contributed by atoms with Gasteiger partial charge in [0.05, 0.1) is 17.4 Å². The molecule has 23 heavy (non-hydrogen) atoms. The third kappa shape index (κ3) is 4.66. The Balaban J connectivity index is 2.10. The molecular formula is C16H18BrN3O3. The number of amides is 1. The lowest BCUT2D eigenvalue weighted by atomic mass is 10.1. The van der Waals surface area contributed by atoms with Gasteiger partial charge in [-0.1, -0.05) is 41.8 Å². The normalized spacial score (nSPS) is 11.9. The minimum absolute atomic E-state index is 0.327. The molecule has 0 bridgehead atoms. The van der Waals surface area contributed by atoms with Crippen LogP contribution in [0.3, 0.4) is 0 Å². The summed E-state index contributed by atoms with van der Waals surface area (Å²) in [6.07, 6.45) is 5.04. The van der Waals surface area contributed by atoms with E-state index in [4.69, 9.17) is 5.11 Å². The molecule has 0 unspecified atom stereocenters. The zero-order valence-corrected chi connectivity index (χ0v) is 14.3. The van der Waals surface area contributed by atoms with Gasteiger partial charge in [0.25, 0.3) is 5.91 Å². The molecule has 1 atom stereocenters. The van der Waals surface area contributed by atoms with Crippen LogP contribution in [0, 0.1) is 0 Å². The molecule has 0 saturated carbocycles. The zero-order chi connectivity index (χ0) is 16.8. The second kappa shape index (κ2) is 7.92. The summed E-state index contributed by atoms with van der Waals surface area (Å²) >= 11 is 3.38. The Hall–Kier alpha value is -2.15. The number of unbranched alkanes of at least 4 members (excludes halogenated alkanes) is 1. The van der Waals surface area contributed by atoms with E-state index in [-0.39, 0.29) is 0 Å². The molecule has 0 spiro atoms. The largest absolute Gasteiger partial charge is 0.480 e. The third-order valence-electron chi connectivity index (χ3n) is 3.37. The molecule has 1 aromatic heterocycles. The van der Waals surface area contributed by atoms with Crippen molar-refractivity contribution in [1.29, 1.82) is 0 Å². The minimum Gasteiger partial charge on any atom is -0.480 e. The maximum absolute atomic E-state index is 12.2. The fourth-order valence-electron chi connectivity index (χ4n) is 2.11. The van der Waals surface area contributed by atoms with Crippen LogP contribution in [0.4, 0.5) is 0 Å². The van der Waals surface area contributed by atoms with Gasteiger partial charge in [-0.15, -0.1) is 0 Å². The van der Waals surface area contributed by atoms with Crippen molar-refractivity contribution in [3.05, 3.63) is 46.7 Å². The van der Waals surface area contributed by atoms with Crippen molar-refractivity contribution in [2.45, 2.75) is 32.2 Å². The predicted octanol–water partition coefficient (Wildman–Crippen LogP) is 3.01. The highest BCUT2D eigenvalue weighted by Crippen LogP contribution is 2.15. The Labute approximate surface area is 142 Å². The van der Waals surface area contributed by atoms with Crippen LogP contribution in [0.15, 0.2) is 41.1 Å². The lowest BCUT2D eigenvalue weighted by Crippen LogP contribution is -2.40. The van der Waals surface area contributed by atoms with Crippen LogP contribution in [-0.2, 0) is 4.79 Å². The first-order chi connectivity index (χ1) is 11.0. The molecule has 0 radical (unpaired) electrons. The molecule has 0 fully saturated rings. The summed E-state index contributed by atoms with van der Waals surface area (Å²) in [5.74, 6) is -1.46. The van der Waals surface area contributed by atoms with E-state index in [0.717, 1.165) is 23.0 Å². The molecule has 1 heterocycles. The summed E-state index contributed by atoms with van der Waals surface area (Å²) in [4.78, 5) is 23.4. The van der Waals surface area contributed by atoms with Crippen LogP contribution in [0.1, 0.15) is 36.5 Å². The average molecular weight is 380 g/mol. The van der Waals surface area contributed by atoms with Crippen LogP contribution in [0.2, 0.25) is 0 Å². The van der Waals surface area contributed by atoms with Gasteiger partial charge in [-0.05, 0) is 24.6 Å². The molecule has 0 aliphatic rings. The summed E-state index contributed by atoms with van der Waals surface area (Å²) in [6, 6.07) is 6.62. The maximum atomic E-state index is 12.2. The molecule has 2 aromatic rings. The monoisotopic (exact) mass is 379 g/mol. The number of nitrogens with one attached hydrogen (secondary N) is 1. The van der Waals surface area contributed by atoms with Crippen LogP contribution in [0.25, 0.3) is 5.69 Å². The molecule has 6 nitrogen and oxygen atoms in total. The summed E-state index contributed by atoms with van der Waals surface area (Å²) in [6.45, 7) is 1.97. The highest BCUT2D eigenvalue weighted by atomic mass is 79.9. The number of carbonyl (C=O) groups excluding carboxylic acids is 1. The number of aliphatic carboxylic acids is 1. The number of aromatic nitrogens is 2. The number of carboxylic acid groups (broad SMARTS) is 1. The second-order valence-corrected chi connectivity index (χ2v) is 6.08. The van der Waals surface area contributed by atoms with Crippen LogP contribution in [-0.4, -0.2) is 32.8 Å². The number of carboxylic acids is 1. The maximum Gasteiger partial charge on any atom is 0.326 e. The Morgan fingerprint density at radius 2 is 2.22 bits per heavy atom. The van der Waals surface area contributed by atoms with E-state index in [2.05, 4.69) is 26.3 Å². The Kier molecular flexibility index (Phi) is 5.92. The number of rotatable bonds is 7. The Bertz CT molecular complexity index is 699. The van der Waals surface area contributed by atoms with Crippen molar-refractivity contribution in [3.63, 3.8) is 0 Å². The third-order valence-corrected chi connectivity index (χ3v) is 3.86. The number of hydrogen-bond acceptors (Lipinski definition) is 3. The van der Waals surface area contributed by atoms with E-state index in [1.165, 1.54) is 6.20 Å². The van der Waals surface area contributed by atoms with Gasteiger partial charge in [0.1, 0.15) is 6.04 Å². The van der Waals surface area contributed by atoms with Crippen molar-refractivity contribution in [2.75, 3.05) is 0 Å². The lowest BCUT2D eigenvalue weighted by Gasteiger charge is -2.13. The number of hydrogen-bond donors (Lipinski definition) is 2. The summed E-state index contributed by atoms with van der Waals surface area (Å²) in [5.41, 5.74) is 1.13. The molecule has 0 saturated heterocycles. The molecule has 122 valence electrons. The van der Waals surface area contributed by atoms with Gasteiger partial charge in [-0.2, -0.15) is 5.10 Å². The highest BCUT2D eigenvalue weighted by molar-refractivity contribution is 9.10. The van der Waals surface area contributed by atoms with Gasteiger partial charge in [-0.25, -0.2) is 9.48 Å². The van der Waals surface area contributed by atoms with Crippen LogP contribution in [0.5, 0.6) is 0 Å². The topological polar surface area (TPSA) is 84.2 Å². The molecule has 2 N–H and O–H groups in total. The highest BCUT2D eigenvalue weighted by Gasteiger charge is 2.20. The first kappa shape index (κ1) is 17.2. The summed E-state index contributed by atoms with van der Waals surface area (Å²) in [7, 11) is 0. The van der Waals surface area contributed by atoms with E-state index in [1.54, 1.807) is 10.9 Å². The predicted molar refractivity (Wildman–Crippen MR) is 89.7 cm³/mol. The summed E-state index contributed by atoms with van der Waals surface area (Å²) in [5, 5.41) is 15.9. The van der Waals surface area contributed by atoms with E-state index in [9.17, 15) is 9.59 Å². The van der Waals surface area contributed by atoms with Gasteiger partial charge in [0.2, 0.25) is 0 Å². The number of benzene rings is 1. The van der Waals surface area contributed by atoms with Crippen molar-refractivity contribution >= 4 is 27.8 Å². The van der Waals surface area contributed by atoms with Crippen molar-refractivity contribution < 1.29 is 14.7 Å². The molecule has 7 heteroatoms. The molecule has 2 rings (SSSR count). The minimum atomic E-state index is -1.02. The lowest BCUT2D eigenvalue weighted by molar-refractivity contribution is -0.139. The van der Waals surface area contributed by atoms with Gasteiger partial charge >= 0.3 is 5.97 Å². The Morgan fingerprint density at radius 1 is 1.43 bits per heavy atom. The van der Waals surface area contributed by atoms with Gasteiger partial charge in [-0.3, -0.25) is 4.79 Å². The fourth-order valence-corrected chi connectivity index (χ4v) is 2.49. The van der Waals surface area contributed by atoms with E-state index in [0.29, 0.717) is 12.0 Å². The van der Waals surface area contributed by atoms with Crippen LogP contribution >= 0.6 is 15.9 Å². The summed E-state index contributed by atoms with van der Waals surface area (Å²) < 4.78 is 2.48. The fraction of sp³-hybridized carbons (Fsp3) is 0.312. The van der Waals surface area contributed by atoms with Gasteiger partial charge in [0.15, 0.2) is 0 Å². The van der Waals surface area contributed by atoms with E-state index < -0.39 is 17.9 Å². The standard InChI is InChI=1S/C16H18BrN3O3/c1-2-3-7-14(16(22)23)19-15(21)11-9-18-20(10-11)13-6-4-5-12(17)8-13/h4-6,8-10,14H,2-3,7H2,1H3,(H,19,21)(H,22,23)/t14-/m0/s1. The average Bonchev–Trinajstić information content (AvgIpc) is 3.01. The SMILES string of the molecule is CCCC[C@H](NC(=O)c1cnn(-c2cccc(Br)c2)c1)C(=O)O. The van der Waals surface area contributed by atoms with Gasteiger partial charge < -0.3 is 10.4 Å². The number of carbonyl (C=O) groups is 2. The molecular weight excluding hydrogens is 362 g/mol. The van der Waals surface area contributed by atoms with E-state index >= 15 is 0 Å². The number of halogens is 1. The van der Waals surface area contributed by atoms with Crippen LogP contribution < -0.4 is 5.32 Å². The number of nitrogens with zero attached hydrogens (tertiary/aromatic N) is 2. The molecule has 1 aromatic carbocycles. The van der Waals surface area contributed by atoms with E-state index in [1.807, 2.05) is 31.2 Å². The van der Waals surface area contributed by atoms with Gasteiger partial charge in [0, 0.05) is 10.7 Å². The zero-order valence-electron chi connectivity index (χ0n) is 12.7. The Morgan fingerprint density at radius 3 is 2.87 bits per heavy atom. The smallest absolute Gasteiger partial charge is 0.326 e. The van der Waals surface area contributed by atoms with Crippen molar-refractivity contribution in [1.82, 2.24) is 15.1 Å². The molecule has 0 aliphatic carbocycles. The quantitative estimate of drug-likeness (QED) is 0.774.